The summed E-state index contributed by atoms with van der Waals surface area (Å²) in [5, 5.41) is 2.59. The van der Waals surface area contributed by atoms with Gasteiger partial charge in [-0.2, -0.15) is 0 Å². The van der Waals surface area contributed by atoms with Crippen LogP contribution in [0.5, 0.6) is 0 Å². The third-order valence-corrected chi connectivity index (χ3v) is 4.15. The maximum absolute atomic E-state index is 11.7. The van der Waals surface area contributed by atoms with Crippen molar-refractivity contribution in [3.05, 3.63) is 35.4 Å². The summed E-state index contributed by atoms with van der Waals surface area (Å²) in [4.78, 5) is 11.7. The lowest BCUT2D eigenvalue weighted by molar-refractivity contribution is -0.120. The lowest BCUT2D eigenvalue weighted by Crippen LogP contribution is -2.34. The van der Waals surface area contributed by atoms with Crippen LogP contribution in [0, 0.1) is 0 Å². The first-order chi connectivity index (χ1) is 9.46. The van der Waals surface area contributed by atoms with E-state index in [1.54, 1.807) is 6.92 Å². The molecule has 7 heteroatoms. The van der Waals surface area contributed by atoms with E-state index < -0.39 is 10.0 Å². The van der Waals surface area contributed by atoms with Crippen LogP contribution < -0.4 is 15.8 Å². The third kappa shape index (κ3) is 6.14. The molecule has 1 rings (SSSR count). The van der Waals surface area contributed by atoms with Crippen molar-refractivity contribution in [1.82, 2.24) is 10.0 Å². The van der Waals surface area contributed by atoms with Gasteiger partial charge in [0.05, 0.1) is 12.2 Å². The molecular formula is C13H21N3O3S. The summed E-state index contributed by atoms with van der Waals surface area (Å²) >= 11 is 0. The predicted octanol–water partition coefficient (Wildman–Crippen LogP) is -0.257. The second-order valence-corrected chi connectivity index (χ2v) is 6.29. The van der Waals surface area contributed by atoms with Crippen molar-refractivity contribution in [1.29, 1.82) is 0 Å². The van der Waals surface area contributed by atoms with Crippen LogP contribution >= 0.6 is 0 Å². The van der Waals surface area contributed by atoms with Crippen LogP contribution in [0.15, 0.2) is 24.3 Å². The summed E-state index contributed by atoms with van der Waals surface area (Å²) in [6, 6.07) is 7.44. The number of rotatable bonds is 8. The Bertz CT molecular complexity index is 526. The summed E-state index contributed by atoms with van der Waals surface area (Å²) < 4.78 is 25.1. The van der Waals surface area contributed by atoms with Gasteiger partial charge in [-0.1, -0.05) is 31.2 Å². The maximum atomic E-state index is 11.7. The second-order valence-electron chi connectivity index (χ2n) is 4.36. The molecule has 0 heterocycles. The van der Waals surface area contributed by atoms with E-state index in [1.807, 2.05) is 24.3 Å². The van der Waals surface area contributed by atoms with Crippen molar-refractivity contribution in [3.63, 3.8) is 0 Å². The third-order valence-electron chi connectivity index (χ3n) is 2.68. The second kappa shape index (κ2) is 7.98. The van der Waals surface area contributed by atoms with Gasteiger partial charge in [0.25, 0.3) is 0 Å². The molecule has 112 valence electrons. The van der Waals surface area contributed by atoms with Gasteiger partial charge in [0.2, 0.25) is 15.9 Å². The van der Waals surface area contributed by atoms with Gasteiger partial charge in [0, 0.05) is 19.6 Å². The number of benzene rings is 1. The Hall–Kier alpha value is -1.44. The van der Waals surface area contributed by atoms with E-state index in [0.717, 1.165) is 11.1 Å². The molecule has 0 spiro atoms. The summed E-state index contributed by atoms with van der Waals surface area (Å²) in [5.41, 5.74) is 7.37. The zero-order valence-electron chi connectivity index (χ0n) is 11.6. The van der Waals surface area contributed by atoms with Crippen LogP contribution in [0.2, 0.25) is 0 Å². The number of sulfonamides is 1. The van der Waals surface area contributed by atoms with Gasteiger partial charge in [-0.25, -0.2) is 13.1 Å². The van der Waals surface area contributed by atoms with Crippen molar-refractivity contribution < 1.29 is 13.2 Å². The average Bonchev–Trinajstić information content (AvgIpc) is 2.39. The van der Waals surface area contributed by atoms with Crippen molar-refractivity contribution in [3.8, 4) is 0 Å². The molecule has 0 radical (unpaired) electrons. The summed E-state index contributed by atoms with van der Waals surface area (Å²) in [6.07, 6.45) is 0.228. The Balaban J connectivity index is 2.36. The fourth-order valence-electron chi connectivity index (χ4n) is 1.66. The summed E-state index contributed by atoms with van der Waals surface area (Å²) in [7, 11) is -3.29. The molecule has 6 nitrogen and oxygen atoms in total. The van der Waals surface area contributed by atoms with Crippen LogP contribution in [0.4, 0.5) is 0 Å². The van der Waals surface area contributed by atoms with Crippen LogP contribution in [0.25, 0.3) is 0 Å². The molecule has 1 aromatic rings. The normalized spacial score (nSPS) is 11.3. The highest BCUT2D eigenvalue weighted by molar-refractivity contribution is 7.89. The molecule has 1 amide bonds. The SMILES string of the molecule is CCNS(=O)(=O)CCNC(=O)Cc1ccc(CN)cc1. The van der Waals surface area contributed by atoms with Crippen LogP contribution in [-0.2, 0) is 27.8 Å². The van der Waals surface area contributed by atoms with Crippen molar-refractivity contribution in [2.45, 2.75) is 19.9 Å². The smallest absolute Gasteiger partial charge is 0.224 e. The number of amides is 1. The van der Waals surface area contributed by atoms with E-state index in [-0.39, 0.29) is 24.6 Å². The zero-order valence-corrected chi connectivity index (χ0v) is 12.4. The first kappa shape index (κ1) is 16.6. The van der Waals surface area contributed by atoms with Crippen LogP contribution in [0.1, 0.15) is 18.1 Å². The Morgan fingerprint density at radius 3 is 2.35 bits per heavy atom. The van der Waals surface area contributed by atoms with Gasteiger partial charge in [0.15, 0.2) is 0 Å². The first-order valence-electron chi connectivity index (χ1n) is 6.48. The van der Waals surface area contributed by atoms with E-state index in [1.165, 1.54) is 0 Å². The predicted molar refractivity (Wildman–Crippen MR) is 78.5 cm³/mol. The molecule has 0 atom stereocenters. The molecule has 0 bridgehead atoms. The fraction of sp³-hybridized carbons (Fsp3) is 0.462. The van der Waals surface area contributed by atoms with Gasteiger partial charge in [-0.3, -0.25) is 4.79 Å². The highest BCUT2D eigenvalue weighted by Crippen LogP contribution is 2.04. The van der Waals surface area contributed by atoms with Gasteiger partial charge in [0.1, 0.15) is 0 Å². The number of nitrogens with one attached hydrogen (secondary N) is 2. The van der Waals surface area contributed by atoms with Crippen LogP contribution in [-0.4, -0.2) is 33.2 Å². The number of carbonyl (C=O) groups is 1. The van der Waals surface area contributed by atoms with Gasteiger partial charge in [-0.15, -0.1) is 0 Å². The standard InChI is InChI=1S/C13H21N3O3S/c1-2-16-20(18,19)8-7-15-13(17)9-11-3-5-12(10-14)6-4-11/h3-6,16H,2,7-10,14H2,1H3,(H,15,17). The number of hydrogen-bond acceptors (Lipinski definition) is 4. The molecule has 20 heavy (non-hydrogen) atoms. The largest absolute Gasteiger partial charge is 0.355 e. The lowest BCUT2D eigenvalue weighted by Gasteiger charge is -2.07. The molecule has 0 aliphatic carbocycles. The summed E-state index contributed by atoms with van der Waals surface area (Å²) in [6.45, 7) is 2.63. The van der Waals surface area contributed by atoms with Gasteiger partial charge < -0.3 is 11.1 Å². The van der Waals surface area contributed by atoms with Gasteiger partial charge in [-0.05, 0) is 11.1 Å². The number of carbonyl (C=O) groups excluding carboxylic acids is 1. The minimum absolute atomic E-state index is 0.106. The monoisotopic (exact) mass is 299 g/mol. The van der Waals surface area contributed by atoms with Crippen LogP contribution in [0.3, 0.4) is 0 Å². The molecule has 0 aliphatic rings. The Labute approximate surface area is 119 Å². The van der Waals surface area contributed by atoms with Crippen molar-refractivity contribution in [2.75, 3.05) is 18.8 Å². The van der Waals surface area contributed by atoms with E-state index in [4.69, 9.17) is 5.73 Å². The number of nitrogens with two attached hydrogens (primary N) is 1. The Morgan fingerprint density at radius 1 is 1.20 bits per heavy atom. The highest BCUT2D eigenvalue weighted by atomic mass is 32.2. The summed E-state index contributed by atoms with van der Waals surface area (Å²) in [5.74, 6) is -0.309. The first-order valence-corrected chi connectivity index (χ1v) is 8.14. The molecule has 0 fully saturated rings. The van der Waals surface area contributed by atoms with Crippen molar-refractivity contribution >= 4 is 15.9 Å². The molecule has 0 aromatic heterocycles. The molecule has 1 aromatic carbocycles. The van der Waals surface area contributed by atoms with E-state index in [0.29, 0.717) is 13.1 Å². The molecule has 0 aliphatic heterocycles. The Kier molecular flexibility index (Phi) is 6.63. The fourth-order valence-corrected chi connectivity index (χ4v) is 2.61. The molecule has 4 N–H and O–H groups in total. The van der Waals surface area contributed by atoms with Crippen molar-refractivity contribution in [2.24, 2.45) is 5.73 Å². The van der Waals surface area contributed by atoms with E-state index >= 15 is 0 Å². The molecular weight excluding hydrogens is 278 g/mol. The van der Waals surface area contributed by atoms with Gasteiger partial charge >= 0.3 is 0 Å². The quantitative estimate of drug-likeness (QED) is 0.615. The number of hydrogen-bond donors (Lipinski definition) is 3. The van der Waals surface area contributed by atoms with E-state index in [2.05, 4.69) is 10.0 Å². The maximum Gasteiger partial charge on any atom is 0.224 e. The Morgan fingerprint density at radius 2 is 1.80 bits per heavy atom. The zero-order chi connectivity index (χ0) is 15.0. The topological polar surface area (TPSA) is 101 Å². The molecule has 0 saturated carbocycles. The lowest BCUT2D eigenvalue weighted by atomic mass is 10.1. The highest BCUT2D eigenvalue weighted by Gasteiger charge is 2.09. The minimum atomic E-state index is -3.29. The van der Waals surface area contributed by atoms with E-state index in [9.17, 15) is 13.2 Å². The molecule has 0 saturated heterocycles. The molecule has 0 unspecified atom stereocenters. The minimum Gasteiger partial charge on any atom is -0.355 e. The average molecular weight is 299 g/mol.